The molecule has 0 aliphatic rings. The number of benzene rings is 1. The third-order valence-electron chi connectivity index (χ3n) is 2.33. The van der Waals surface area contributed by atoms with E-state index in [1.807, 2.05) is 6.07 Å². The molecule has 17 heavy (non-hydrogen) atoms. The predicted molar refractivity (Wildman–Crippen MR) is 62.9 cm³/mol. The molecule has 0 aliphatic carbocycles. The molecule has 2 aromatic rings. The first-order valence-electron chi connectivity index (χ1n) is 5.30. The summed E-state index contributed by atoms with van der Waals surface area (Å²) in [4.78, 5) is 4.07. The average molecular weight is 232 g/mol. The fourth-order valence-electron chi connectivity index (χ4n) is 1.39. The van der Waals surface area contributed by atoms with E-state index in [-0.39, 0.29) is 5.82 Å². The molecule has 0 spiro atoms. The van der Waals surface area contributed by atoms with Gasteiger partial charge in [-0.25, -0.2) is 9.37 Å². The van der Waals surface area contributed by atoms with Gasteiger partial charge >= 0.3 is 0 Å². The van der Waals surface area contributed by atoms with E-state index in [2.05, 4.69) is 4.98 Å². The Morgan fingerprint density at radius 1 is 1.12 bits per heavy atom. The fraction of sp³-hybridized carbons (Fsp3) is 0.154. The summed E-state index contributed by atoms with van der Waals surface area (Å²) in [6.07, 6.45) is 1.65. The lowest BCUT2D eigenvalue weighted by molar-refractivity contribution is 0.293. The van der Waals surface area contributed by atoms with Crippen LogP contribution < -0.4 is 10.5 Å². The van der Waals surface area contributed by atoms with E-state index in [0.717, 1.165) is 11.1 Å². The van der Waals surface area contributed by atoms with E-state index >= 15 is 0 Å². The summed E-state index contributed by atoms with van der Waals surface area (Å²) in [7, 11) is 0. The van der Waals surface area contributed by atoms with Crippen molar-refractivity contribution in [2.75, 3.05) is 0 Å². The fourth-order valence-corrected chi connectivity index (χ4v) is 1.39. The minimum atomic E-state index is -0.253. The van der Waals surface area contributed by atoms with E-state index in [1.54, 1.807) is 24.4 Å². The maximum Gasteiger partial charge on any atom is 0.213 e. The van der Waals surface area contributed by atoms with Gasteiger partial charge < -0.3 is 10.5 Å². The van der Waals surface area contributed by atoms with E-state index < -0.39 is 0 Å². The van der Waals surface area contributed by atoms with Crippen molar-refractivity contribution in [2.24, 2.45) is 5.73 Å². The number of ether oxygens (including phenoxy) is 1. The molecule has 0 saturated heterocycles. The zero-order valence-electron chi connectivity index (χ0n) is 9.27. The highest BCUT2D eigenvalue weighted by atomic mass is 19.1. The zero-order chi connectivity index (χ0) is 12.1. The van der Waals surface area contributed by atoms with Crippen molar-refractivity contribution in [1.29, 1.82) is 0 Å². The van der Waals surface area contributed by atoms with Crippen molar-refractivity contribution in [1.82, 2.24) is 4.98 Å². The standard InChI is InChI=1S/C13H13FN2O/c14-12-3-1-10(2-4-12)9-17-13-7-11(8-15)5-6-16-13/h1-7H,8-9,15H2. The largest absolute Gasteiger partial charge is 0.473 e. The predicted octanol–water partition coefficient (Wildman–Crippen LogP) is 2.26. The number of hydrogen-bond acceptors (Lipinski definition) is 3. The Kier molecular flexibility index (Phi) is 3.67. The molecule has 0 amide bonds. The molecule has 4 heteroatoms. The molecule has 2 N–H and O–H groups in total. The Morgan fingerprint density at radius 2 is 1.88 bits per heavy atom. The smallest absolute Gasteiger partial charge is 0.213 e. The van der Waals surface area contributed by atoms with Crippen LogP contribution in [-0.2, 0) is 13.2 Å². The normalized spacial score (nSPS) is 10.2. The molecule has 0 saturated carbocycles. The second kappa shape index (κ2) is 5.41. The van der Waals surface area contributed by atoms with Crippen LogP contribution in [0.3, 0.4) is 0 Å². The van der Waals surface area contributed by atoms with Crippen LogP contribution in [0, 0.1) is 5.82 Å². The highest BCUT2D eigenvalue weighted by Crippen LogP contribution is 2.11. The minimum Gasteiger partial charge on any atom is -0.473 e. The molecule has 2 rings (SSSR count). The Morgan fingerprint density at radius 3 is 2.59 bits per heavy atom. The maximum absolute atomic E-state index is 12.7. The second-order valence-electron chi connectivity index (χ2n) is 3.62. The van der Waals surface area contributed by atoms with Crippen LogP contribution in [0.25, 0.3) is 0 Å². The van der Waals surface area contributed by atoms with Crippen LogP contribution in [0.5, 0.6) is 5.88 Å². The van der Waals surface area contributed by atoms with Gasteiger partial charge in [-0.3, -0.25) is 0 Å². The molecule has 0 bridgehead atoms. The summed E-state index contributed by atoms with van der Waals surface area (Å²) in [6, 6.07) is 9.81. The van der Waals surface area contributed by atoms with Crippen molar-refractivity contribution >= 4 is 0 Å². The lowest BCUT2D eigenvalue weighted by Crippen LogP contribution is -2.00. The van der Waals surface area contributed by atoms with Crippen molar-refractivity contribution in [3.8, 4) is 5.88 Å². The summed E-state index contributed by atoms with van der Waals surface area (Å²) < 4.78 is 18.2. The molecule has 0 atom stereocenters. The Balaban J connectivity index is 1.99. The summed E-state index contributed by atoms with van der Waals surface area (Å²) in [6.45, 7) is 0.816. The van der Waals surface area contributed by atoms with Gasteiger partial charge in [0.2, 0.25) is 5.88 Å². The first-order chi connectivity index (χ1) is 8.28. The van der Waals surface area contributed by atoms with Crippen molar-refractivity contribution in [3.63, 3.8) is 0 Å². The molecule has 88 valence electrons. The van der Waals surface area contributed by atoms with E-state index in [4.69, 9.17) is 10.5 Å². The first-order valence-corrected chi connectivity index (χ1v) is 5.30. The first kappa shape index (κ1) is 11.5. The van der Waals surface area contributed by atoms with Gasteiger partial charge in [-0.1, -0.05) is 12.1 Å². The summed E-state index contributed by atoms with van der Waals surface area (Å²) in [5.74, 6) is 0.272. The molecule has 0 unspecified atom stereocenters. The number of nitrogens with two attached hydrogens (primary N) is 1. The Bertz CT molecular complexity index is 485. The van der Waals surface area contributed by atoms with Crippen LogP contribution in [0.4, 0.5) is 4.39 Å². The van der Waals surface area contributed by atoms with E-state index in [1.165, 1.54) is 12.1 Å². The highest BCUT2D eigenvalue weighted by Gasteiger charge is 1.99. The molecule has 0 radical (unpaired) electrons. The molecular weight excluding hydrogens is 219 g/mol. The van der Waals surface area contributed by atoms with Gasteiger partial charge in [-0.2, -0.15) is 0 Å². The van der Waals surface area contributed by atoms with Gasteiger partial charge in [0, 0.05) is 18.8 Å². The van der Waals surface area contributed by atoms with Gasteiger partial charge in [-0.05, 0) is 29.3 Å². The summed E-state index contributed by atoms with van der Waals surface area (Å²) >= 11 is 0. The molecule has 1 aromatic carbocycles. The van der Waals surface area contributed by atoms with Crippen LogP contribution >= 0.6 is 0 Å². The Hall–Kier alpha value is -1.94. The highest BCUT2D eigenvalue weighted by molar-refractivity contribution is 5.21. The number of rotatable bonds is 4. The van der Waals surface area contributed by atoms with Gasteiger partial charge in [0.25, 0.3) is 0 Å². The van der Waals surface area contributed by atoms with Gasteiger partial charge in [0.1, 0.15) is 12.4 Å². The van der Waals surface area contributed by atoms with E-state index in [9.17, 15) is 4.39 Å². The van der Waals surface area contributed by atoms with Crippen LogP contribution in [0.1, 0.15) is 11.1 Å². The zero-order valence-corrected chi connectivity index (χ0v) is 9.27. The SMILES string of the molecule is NCc1ccnc(OCc2ccc(F)cc2)c1. The maximum atomic E-state index is 12.7. The number of halogens is 1. The number of hydrogen-bond donors (Lipinski definition) is 1. The minimum absolute atomic E-state index is 0.253. The lowest BCUT2D eigenvalue weighted by Gasteiger charge is -2.06. The molecular formula is C13H13FN2O. The number of aromatic nitrogens is 1. The van der Waals surface area contributed by atoms with Crippen molar-refractivity contribution < 1.29 is 9.13 Å². The summed E-state index contributed by atoms with van der Waals surface area (Å²) in [5.41, 5.74) is 7.38. The van der Waals surface area contributed by atoms with Crippen LogP contribution in [-0.4, -0.2) is 4.98 Å². The monoisotopic (exact) mass is 232 g/mol. The molecule has 1 aromatic heterocycles. The second-order valence-corrected chi connectivity index (χ2v) is 3.62. The third kappa shape index (κ3) is 3.26. The Labute approximate surface area is 99.1 Å². The van der Waals surface area contributed by atoms with Crippen LogP contribution in [0.15, 0.2) is 42.6 Å². The number of pyridine rings is 1. The van der Waals surface area contributed by atoms with Crippen molar-refractivity contribution in [3.05, 3.63) is 59.5 Å². The van der Waals surface area contributed by atoms with Gasteiger partial charge in [-0.15, -0.1) is 0 Å². The topological polar surface area (TPSA) is 48.1 Å². The summed E-state index contributed by atoms with van der Waals surface area (Å²) in [5, 5.41) is 0. The lowest BCUT2D eigenvalue weighted by atomic mass is 10.2. The van der Waals surface area contributed by atoms with E-state index in [0.29, 0.717) is 19.0 Å². The quantitative estimate of drug-likeness (QED) is 0.879. The van der Waals surface area contributed by atoms with Crippen LogP contribution in [0.2, 0.25) is 0 Å². The van der Waals surface area contributed by atoms with Gasteiger partial charge in [0.05, 0.1) is 0 Å². The molecule has 0 aliphatic heterocycles. The molecule has 1 heterocycles. The molecule has 0 fully saturated rings. The van der Waals surface area contributed by atoms with Gasteiger partial charge in [0.15, 0.2) is 0 Å². The average Bonchev–Trinajstić information content (AvgIpc) is 2.38. The molecule has 3 nitrogen and oxygen atoms in total. The third-order valence-corrected chi connectivity index (χ3v) is 2.33. The van der Waals surface area contributed by atoms with Crippen molar-refractivity contribution in [2.45, 2.75) is 13.2 Å². The number of nitrogens with zero attached hydrogens (tertiary/aromatic N) is 1.